The van der Waals surface area contributed by atoms with Gasteiger partial charge in [0.2, 0.25) is 0 Å². The van der Waals surface area contributed by atoms with Crippen LogP contribution in [0.5, 0.6) is 5.75 Å². The van der Waals surface area contributed by atoms with E-state index in [4.69, 9.17) is 15.6 Å². The van der Waals surface area contributed by atoms with Crippen molar-refractivity contribution in [2.75, 3.05) is 33.4 Å². The zero-order valence-electron chi connectivity index (χ0n) is 13.1. The van der Waals surface area contributed by atoms with E-state index in [9.17, 15) is 9.90 Å². The van der Waals surface area contributed by atoms with Crippen LogP contribution in [0.25, 0.3) is 0 Å². The Morgan fingerprint density at radius 1 is 1.22 bits per heavy atom. The molecule has 1 aromatic rings. The Balaban J connectivity index is 2.55. The quantitative estimate of drug-likeness (QED) is 0.239. The van der Waals surface area contributed by atoms with Gasteiger partial charge in [-0.25, -0.2) is 0 Å². The van der Waals surface area contributed by atoms with Crippen LogP contribution in [-0.4, -0.2) is 49.5 Å². The molecule has 0 saturated carbocycles. The number of aliphatic hydroxyl groups excluding tert-OH is 1. The van der Waals surface area contributed by atoms with Crippen molar-refractivity contribution < 1.29 is 19.7 Å². The summed E-state index contributed by atoms with van der Waals surface area (Å²) in [6.07, 6.45) is 0. The van der Waals surface area contributed by atoms with Gasteiger partial charge in [-0.05, 0) is 17.7 Å². The number of benzene rings is 1. The predicted octanol–water partition coefficient (Wildman–Crippen LogP) is -1.05. The summed E-state index contributed by atoms with van der Waals surface area (Å²) in [5.74, 6) is 0.0423. The fraction of sp³-hybridized carbons (Fsp3) is 0.400. The molecule has 1 rings (SSSR count). The maximum absolute atomic E-state index is 12.2. The van der Waals surface area contributed by atoms with Gasteiger partial charge in [0, 0.05) is 20.1 Å². The molecule has 0 fully saturated rings. The lowest BCUT2D eigenvalue weighted by Gasteiger charge is -2.14. The van der Waals surface area contributed by atoms with Crippen LogP contribution >= 0.6 is 0 Å². The Hall–Kier alpha value is -2.45. The molecule has 0 atom stereocenters. The predicted molar refractivity (Wildman–Crippen MR) is 86.1 cm³/mol. The van der Waals surface area contributed by atoms with Gasteiger partial charge in [-0.1, -0.05) is 12.1 Å². The van der Waals surface area contributed by atoms with E-state index in [-0.39, 0.29) is 36.4 Å². The maximum Gasteiger partial charge on any atom is 0.271 e. The van der Waals surface area contributed by atoms with E-state index in [0.29, 0.717) is 19.7 Å². The van der Waals surface area contributed by atoms with Gasteiger partial charge in [0.05, 0.1) is 19.8 Å². The highest BCUT2D eigenvalue weighted by Gasteiger charge is 2.13. The zero-order chi connectivity index (χ0) is 17.1. The Labute approximate surface area is 135 Å². The van der Waals surface area contributed by atoms with Gasteiger partial charge in [0.1, 0.15) is 17.3 Å². The van der Waals surface area contributed by atoms with E-state index in [1.54, 1.807) is 31.3 Å². The first-order valence-electron chi connectivity index (χ1n) is 7.24. The number of nitrogens with two attached hydrogens (primary N) is 1. The number of hydrogen-bond acceptors (Lipinski definition) is 7. The van der Waals surface area contributed by atoms with Crippen molar-refractivity contribution in [3.8, 4) is 5.75 Å². The molecule has 128 valence electrons. The number of amides is 1. The third-order valence-electron chi connectivity index (χ3n) is 2.94. The van der Waals surface area contributed by atoms with E-state index < -0.39 is 0 Å². The van der Waals surface area contributed by atoms with Crippen molar-refractivity contribution in [3.05, 3.63) is 41.3 Å². The lowest BCUT2D eigenvalue weighted by molar-refractivity contribution is -0.118. The van der Waals surface area contributed by atoms with Gasteiger partial charge in [0.15, 0.2) is 0 Å². The van der Waals surface area contributed by atoms with E-state index >= 15 is 0 Å². The second kappa shape index (κ2) is 10.3. The van der Waals surface area contributed by atoms with Gasteiger partial charge in [-0.3, -0.25) is 4.79 Å². The van der Waals surface area contributed by atoms with Crippen LogP contribution in [0.3, 0.4) is 0 Å². The smallest absolute Gasteiger partial charge is 0.271 e. The average Bonchev–Trinajstić information content (AvgIpc) is 2.56. The summed E-state index contributed by atoms with van der Waals surface area (Å²) < 4.78 is 5.07. The van der Waals surface area contributed by atoms with Crippen LogP contribution in [0.2, 0.25) is 0 Å². The number of carbonyl (C=O) groups is 1. The van der Waals surface area contributed by atoms with E-state index in [1.165, 1.54) is 0 Å². The fourth-order valence-corrected chi connectivity index (χ4v) is 1.72. The third-order valence-corrected chi connectivity index (χ3v) is 2.94. The van der Waals surface area contributed by atoms with Crippen molar-refractivity contribution in [2.45, 2.75) is 6.54 Å². The van der Waals surface area contributed by atoms with E-state index in [2.05, 4.69) is 16.0 Å². The number of nitrogens with one attached hydrogen (secondary N) is 3. The number of carbonyl (C=O) groups excluding carboxylic acids is 1. The summed E-state index contributed by atoms with van der Waals surface area (Å²) in [4.78, 5) is 12.2. The molecule has 0 spiro atoms. The lowest BCUT2D eigenvalue weighted by Crippen LogP contribution is -2.38. The highest BCUT2D eigenvalue weighted by Crippen LogP contribution is 2.09. The minimum absolute atomic E-state index is 0.0556. The van der Waals surface area contributed by atoms with Gasteiger partial charge in [-0.2, -0.15) is 0 Å². The Bertz CT molecular complexity index is 517. The molecule has 8 heteroatoms. The molecule has 23 heavy (non-hydrogen) atoms. The molecular formula is C15H24N4O4. The van der Waals surface area contributed by atoms with Crippen LogP contribution in [0.4, 0.5) is 0 Å². The van der Waals surface area contributed by atoms with Crippen molar-refractivity contribution in [3.63, 3.8) is 0 Å². The molecule has 0 aromatic heterocycles. The van der Waals surface area contributed by atoms with Crippen molar-refractivity contribution in [1.82, 2.24) is 16.0 Å². The van der Waals surface area contributed by atoms with Crippen molar-refractivity contribution >= 4 is 5.91 Å². The minimum atomic E-state index is -0.358. The molecule has 0 heterocycles. The third kappa shape index (κ3) is 6.90. The minimum Gasteiger partial charge on any atom is -0.508 e. The highest BCUT2D eigenvalue weighted by atomic mass is 16.5. The van der Waals surface area contributed by atoms with Gasteiger partial charge < -0.3 is 36.6 Å². The number of rotatable bonds is 10. The number of aliphatic hydroxyl groups is 1. The first kappa shape index (κ1) is 18.6. The van der Waals surface area contributed by atoms with Crippen LogP contribution in [-0.2, 0) is 16.1 Å². The van der Waals surface area contributed by atoms with Crippen molar-refractivity contribution in [1.29, 1.82) is 0 Å². The molecule has 1 aromatic carbocycles. The average molecular weight is 324 g/mol. The van der Waals surface area contributed by atoms with Gasteiger partial charge >= 0.3 is 0 Å². The molecule has 0 aliphatic heterocycles. The lowest BCUT2D eigenvalue weighted by atomic mass is 10.2. The molecule has 0 unspecified atom stereocenters. The van der Waals surface area contributed by atoms with Crippen LogP contribution in [0.15, 0.2) is 35.8 Å². The molecule has 0 aliphatic carbocycles. The molecule has 7 N–H and O–H groups in total. The van der Waals surface area contributed by atoms with Gasteiger partial charge in [-0.15, -0.1) is 0 Å². The van der Waals surface area contributed by atoms with E-state index in [0.717, 1.165) is 5.56 Å². The second-order valence-electron chi connectivity index (χ2n) is 4.65. The second-order valence-corrected chi connectivity index (χ2v) is 4.65. The monoisotopic (exact) mass is 324 g/mol. The standard InChI is InChI=1S/C15H24N4O4/c1-17-14(16)13(15(22)18-6-8-23-9-7-20)19-10-11-2-4-12(21)5-3-11/h2-5,17,19-21H,6-10,16H2,1H3,(H,18,22)/b14-13+. The number of phenols is 1. The zero-order valence-corrected chi connectivity index (χ0v) is 13.1. The molecule has 0 aliphatic rings. The van der Waals surface area contributed by atoms with Crippen LogP contribution in [0, 0.1) is 0 Å². The Morgan fingerprint density at radius 2 is 1.91 bits per heavy atom. The number of phenolic OH excluding ortho intramolecular Hbond substituents is 1. The molecule has 0 bridgehead atoms. The summed E-state index contributed by atoms with van der Waals surface area (Å²) in [7, 11) is 1.62. The fourth-order valence-electron chi connectivity index (χ4n) is 1.72. The summed E-state index contributed by atoms with van der Waals surface area (Å²) >= 11 is 0. The first-order chi connectivity index (χ1) is 11.1. The SMILES string of the molecule is CN/C(N)=C(/NCc1ccc(O)cc1)C(=O)NCCOCCO. The summed E-state index contributed by atoms with van der Waals surface area (Å²) in [5, 5.41) is 26.2. The highest BCUT2D eigenvalue weighted by molar-refractivity contribution is 5.93. The summed E-state index contributed by atoms with van der Waals surface area (Å²) in [5.41, 5.74) is 6.92. The Morgan fingerprint density at radius 3 is 2.52 bits per heavy atom. The molecule has 0 saturated heterocycles. The largest absolute Gasteiger partial charge is 0.508 e. The summed E-state index contributed by atoms with van der Waals surface area (Å²) in [6.45, 7) is 1.17. The molecule has 0 radical (unpaired) electrons. The number of hydrogen-bond donors (Lipinski definition) is 6. The van der Waals surface area contributed by atoms with Crippen LogP contribution in [0.1, 0.15) is 5.56 Å². The maximum atomic E-state index is 12.2. The summed E-state index contributed by atoms with van der Waals surface area (Å²) in [6, 6.07) is 6.63. The molecular weight excluding hydrogens is 300 g/mol. The Kier molecular flexibility index (Phi) is 8.33. The molecule has 1 amide bonds. The van der Waals surface area contributed by atoms with E-state index in [1.807, 2.05) is 0 Å². The van der Waals surface area contributed by atoms with Crippen LogP contribution < -0.4 is 21.7 Å². The topological polar surface area (TPSA) is 129 Å². The normalized spacial score (nSPS) is 11.6. The number of aromatic hydroxyl groups is 1. The number of ether oxygens (including phenoxy) is 1. The molecule has 8 nitrogen and oxygen atoms in total. The van der Waals surface area contributed by atoms with Gasteiger partial charge in [0.25, 0.3) is 5.91 Å². The first-order valence-corrected chi connectivity index (χ1v) is 7.24. The van der Waals surface area contributed by atoms with Crippen molar-refractivity contribution in [2.24, 2.45) is 5.73 Å².